The predicted molar refractivity (Wildman–Crippen MR) is 79.7 cm³/mol. The largest absolute Gasteiger partial charge is 0.264 e. The second-order valence-electron chi connectivity index (χ2n) is 3.31. The van der Waals surface area contributed by atoms with E-state index >= 15 is 0 Å². The SMILES string of the molecule is O=S(=O)(Nc1ccc(I)cn1)c1cncc(Br)c1. The first-order chi connectivity index (χ1) is 8.47. The van der Waals surface area contributed by atoms with Crippen LogP contribution in [-0.2, 0) is 10.0 Å². The Labute approximate surface area is 126 Å². The first kappa shape index (κ1) is 13.7. The lowest BCUT2D eigenvalue weighted by Gasteiger charge is -2.07. The summed E-state index contributed by atoms with van der Waals surface area (Å²) in [6.07, 6.45) is 4.37. The van der Waals surface area contributed by atoms with Crippen molar-refractivity contribution in [3.63, 3.8) is 0 Å². The Bertz CT molecular complexity index is 661. The van der Waals surface area contributed by atoms with Crippen LogP contribution in [0.25, 0.3) is 0 Å². The number of nitrogens with zero attached hydrogens (tertiary/aromatic N) is 2. The Morgan fingerprint density at radius 2 is 2.00 bits per heavy atom. The highest BCUT2D eigenvalue weighted by atomic mass is 127. The molecular formula is C10H7BrIN3O2S. The van der Waals surface area contributed by atoms with Gasteiger partial charge in [-0.05, 0) is 56.7 Å². The third-order valence-electron chi connectivity index (χ3n) is 1.96. The van der Waals surface area contributed by atoms with Gasteiger partial charge in [0.2, 0.25) is 0 Å². The Balaban J connectivity index is 2.30. The number of halogens is 2. The molecular weight excluding hydrogens is 433 g/mol. The Morgan fingerprint density at radius 3 is 2.61 bits per heavy atom. The molecule has 0 bridgehead atoms. The fourth-order valence-electron chi connectivity index (χ4n) is 1.17. The summed E-state index contributed by atoms with van der Waals surface area (Å²) < 4.78 is 28.0. The molecule has 0 aliphatic rings. The maximum atomic E-state index is 12.0. The van der Waals surface area contributed by atoms with Gasteiger partial charge in [0.15, 0.2) is 0 Å². The number of rotatable bonds is 3. The van der Waals surface area contributed by atoms with E-state index in [-0.39, 0.29) is 10.7 Å². The van der Waals surface area contributed by atoms with Gasteiger partial charge < -0.3 is 0 Å². The molecule has 0 aromatic carbocycles. The summed E-state index contributed by atoms with van der Waals surface area (Å²) in [4.78, 5) is 7.88. The molecule has 2 rings (SSSR count). The van der Waals surface area contributed by atoms with Crippen LogP contribution in [0.2, 0.25) is 0 Å². The number of aromatic nitrogens is 2. The van der Waals surface area contributed by atoms with E-state index in [1.165, 1.54) is 18.5 Å². The molecule has 0 unspecified atom stereocenters. The summed E-state index contributed by atoms with van der Waals surface area (Å²) in [5, 5.41) is 0. The van der Waals surface area contributed by atoms with Crippen LogP contribution in [0.3, 0.4) is 0 Å². The quantitative estimate of drug-likeness (QED) is 0.746. The molecule has 0 atom stereocenters. The monoisotopic (exact) mass is 439 g/mol. The van der Waals surface area contributed by atoms with Gasteiger partial charge in [-0.3, -0.25) is 9.71 Å². The molecule has 0 fully saturated rings. The van der Waals surface area contributed by atoms with Crippen molar-refractivity contribution in [3.8, 4) is 0 Å². The van der Waals surface area contributed by atoms with Crippen LogP contribution >= 0.6 is 38.5 Å². The standard InChI is InChI=1S/C10H7BrIN3O2S/c11-7-3-9(6-13-4-7)18(16,17)15-10-2-1-8(12)5-14-10/h1-6H,(H,14,15). The van der Waals surface area contributed by atoms with Gasteiger partial charge in [-0.2, -0.15) is 0 Å². The first-order valence-electron chi connectivity index (χ1n) is 4.72. The van der Waals surface area contributed by atoms with Crippen LogP contribution in [-0.4, -0.2) is 18.4 Å². The summed E-state index contributed by atoms with van der Waals surface area (Å²) in [5.74, 6) is 0.274. The molecule has 0 saturated carbocycles. The van der Waals surface area contributed by atoms with Crippen molar-refractivity contribution in [2.45, 2.75) is 4.90 Å². The van der Waals surface area contributed by atoms with E-state index in [1.54, 1.807) is 18.3 Å². The van der Waals surface area contributed by atoms with Gasteiger partial charge >= 0.3 is 0 Å². The number of nitrogens with one attached hydrogen (secondary N) is 1. The van der Waals surface area contributed by atoms with E-state index in [0.29, 0.717) is 4.47 Å². The highest BCUT2D eigenvalue weighted by molar-refractivity contribution is 14.1. The first-order valence-corrected chi connectivity index (χ1v) is 8.08. The molecule has 2 aromatic heterocycles. The second-order valence-corrected chi connectivity index (χ2v) is 7.15. The summed E-state index contributed by atoms with van der Waals surface area (Å²) in [6.45, 7) is 0. The van der Waals surface area contributed by atoms with Gasteiger partial charge in [-0.25, -0.2) is 13.4 Å². The number of hydrogen-bond donors (Lipinski definition) is 1. The number of hydrogen-bond acceptors (Lipinski definition) is 4. The highest BCUT2D eigenvalue weighted by Gasteiger charge is 2.15. The highest BCUT2D eigenvalue weighted by Crippen LogP contribution is 2.17. The minimum absolute atomic E-state index is 0.0808. The maximum Gasteiger partial charge on any atom is 0.264 e. The smallest absolute Gasteiger partial charge is 0.263 e. The van der Waals surface area contributed by atoms with Gasteiger partial charge in [0.25, 0.3) is 10.0 Å². The van der Waals surface area contributed by atoms with Crippen molar-refractivity contribution in [1.29, 1.82) is 0 Å². The van der Waals surface area contributed by atoms with E-state index in [0.717, 1.165) is 3.57 Å². The van der Waals surface area contributed by atoms with E-state index in [2.05, 4.69) is 53.2 Å². The van der Waals surface area contributed by atoms with Crippen molar-refractivity contribution in [1.82, 2.24) is 9.97 Å². The normalized spacial score (nSPS) is 11.2. The van der Waals surface area contributed by atoms with Crippen molar-refractivity contribution in [3.05, 3.63) is 44.8 Å². The van der Waals surface area contributed by atoms with Crippen LogP contribution < -0.4 is 4.72 Å². The molecule has 5 nitrogen and oxygen atoms in total. The lowest BCUT2D eigenvalue weighted by Crippen LogP contribution is -2.14. The minimum atomic E-state index is -3.66. The molecule has 8 heteroatoms. The average molecular weight is 440 g/mol. The predicted octanol–water partition coefficient (Wildman–Crippen LogP) is 2.64. The van der Waals surface area contributed by atoms with Crippen LogP contribution in [0.5, 0.6) is 0 Å². The third kappa shape index (κ3) is 3.39. The van der Waals surface area contributed by atoms with Crippen LogP contribution in [0.1, 0.15) is 0 Å². The van der Waals surface area contributed by atoms with Crippen LogP contribution in [0.4, 0.5) is 5.82 Å². The van der Waals surface area contributed by atoms with Gasteiger partial charge in [0.1, 0.15) is 10.7 Å². The van der Waals surface area contributed by atoms with Crippen molar-refractivity contribution in [2.24, 2.45) is 0 Å². The average Bonchev–Trinajstić information content (AvgIpc) is 2.32. The Morgan fingerprint density at radius 1 is 1.22 bits per heavy atom. The topological polar surface area (TPSA) is 72.0 Å². The van der Waals surface area contributed by atoms with Crippen molar-refractivity contribution in [2.75, 3.05) is 4.72 Å². The fraction of sp³-hybridized carbons (Fsp3) is 0. The van der Waals surface area contributed by atoms with E-state index in [9.17, 15) is 8.42 Å². The van der Waals surface area contributed by atoms with E-state index < -0.39 is 10.0 Å². The summed E-state index contributed by atoms with van der Waals surface area (Å²) in [5.41, 5.74) is 0. The molecule has 94 valence electrons. The molecule has 0 aliphatic carbocycles. The van der Waals surface area contributed by atoms with Gasteiger partial charge in [-0.1, -0.05) is 0 Å². The van der Waals surface area contributed by atoms with Gasteiger partial charge in [0, 0.05) is 26.6 Å². The third-order valence-corrected chi connectivity index (χ3v) is 4.35. The summed E-state index contributed by atoms with van der Waals surface area (Å²) in [6, 6.07) is 4.84. The molecule has 1 N–H and O–H groups in total. The van der Waals surface area contributed by atoms with Gasteiger partial charge in [0.05, 0.1) is 0 Å². The van der Waals surface area contributed by atoms with Gasteiger partial charge in [-0.15, -0.1) is 0 Å². The molecule has 0 amide bonds. The van der Waals surface area contributed by atoms with Crippen LogP contribution in [0, 0.1) is 3.57 Å². The second kappa shape index (κ2) is 5.49. The molecule has 0 saturated heterocycles. The van der Waals surface area contributed by atoms with Crippen molar-refractivity contribution >= 4 is 54.4 Å². The Kier molecular flexibility index (Phi) is 4.17. The van der Waals surface area contributed by atoms with Crippen molar-refractivity contribution < 1.29 is 8.42 Å². The Hall–Kier alpha value is -0.740. The fourth-order valence-corrected chi connectivity index (χ4v) is 3.00. The number of pyridine rings is 2. The molecule has 0 aliphatic heterocycles. The van der Waals surface area contributed by atoms with Crippen LogP contribution in [0.15, 0.2) is 46.2 Å². The lowest BCUT2D eigenvalue weighted by molar-refractivity contribution is 0.600. The van der Waals surface area contributed by atoms with E-state index in [1.807, 2.05) is 0 Å². The van der Waals surface area contributed by atoms with E-state index in [4.69, 9.17) is 0 Å². The summed E-state index contributed by atoms with van der Waals surface area (Å²) in [7, 11) is -3.66. The number of sulfonamides is 1. The molecule has 0 radical (unpaired) electrons. The lowest BCUT2D eigenvalue weighted by atomic mass is 10.5. The maximum absolute atomic E-state index is 12.0. The molecule has 2 aromatic rings. The molecule has 2 heterocycles. The molecule has 0 spiro atoms. The minimum Gasteiger partial charge on any atom is -0.263 e. The zero-order valence-electron chi connectivity index (χ0n) is 8.84. The zero-order valence-corrected chi connectivity index (χ0v) is 13.4. The number of anilines is 1. The summed E-state index contributed by atoms with van der Waals surface area (Å²) >= 11 is 5.27. The molecule has 18 heavy (non-hydrogen) atoms. The zero-order chi connectivity index (χ0) is 13.2.